The fourth-order valence-electron chi connectivity index (χ4n) is 3.69. The molecule has 0 aromatic heterocycles. The van der Waals surface area contributed by atoms with Gasteiger partial charge in [-0.1, -0.05) is 12.2 Å². The summed E-state index contributed by atoms with van der Waals surface area (Å²) in [4.78, 5) is 0. The maximum Gasteiger partial charge on any atom is 0.0934 e. The highest BCUT2D eigenvalue weighted by Gasteiger charge is 2.53. The molecule has 2 aliphatic carbocycles. The molecule has 3 nitrogen and oxygen atoms in total. The van der Waals surface area contributed by atoms with E-state index in [1.807, 2.05) is 6.92 Å². The summed E-state index contributed by atoms with van der Waals surface area (Å²) < 4.78 is 0. The normalized spacial score (nSPS) is 45.8. The lowest BCUT2D eigenvalue weighted by Gasteiger charge is -2.42. The van der Waals surface area contributed by atoms with Crippen molar-refractivity contribution in [3.8, 4) is 0 Å². The molecule has 18 heavy (non-hydrogen) atoms. The van der Waals surface area contributed by atoms with Gasteiger partial charge in [-0.3, -0.25) is 0 Å². The molecule has 104 valence electrons. The van der Waals surface area contributed by atoms with Gasteiger partial charge in [0, 0.05) is 0 Å². The van der Waals surface area contributed by atoms with E-state index < -0.39 is 16.8 Å². The van der Waals surface area contributed by atoms with Crippen LogP contribution in [0.3, 0.4) is 0 Å². The second-order valence-corrected chi connectivity index (χ2v) is 7.06. The summed E-state index contributed by atoms with van der Waals surface area (Å²) in [6.07, 6.45) is 3.41. The molecular formula is C15H26O3. The molecule has 2 saturated carbocycles. The van der Waals surface area contributed by atoms with E-state index in [-0.39, 0.29) is 11.8 Å². The van der Waals surface area contributed by atoms with Crippen molar-refractivity contribution in [2.24, 2.45) is 11.8 Å². The van der Waals surface area contributed by atoms with Crippen molar-refractivity contribution in [1.29, 1.82) is 0 Å². The van der Waals surface area contributed by atoms with Gasteiger partial charge in [0.1, 0.15) is 0 Å². The molecule has 4 atom stereocenters. The van der Waals surface area contributed by atoms with Gasteiger partial charge in [0.15, 0.2) is 0 Å². The van der Waals surface area contributed by atoms with Gasteiger partial charge >= 0.3 is 0 Å². The summed E-state index contributed by atoms with van der Waals surface area (Å²) in [5.74, 6) is 0.292. The zero-order valence-electron chi connectivity index (χ0n) is 11.7. The van der Waals surface area contributed by atoms with E-state index in [1.165, 1.54) is 0 Å². The number of hydrogen-bond acceptors (Lipinski definition) is 3. The van der Waals surface area contributed by atoms with Crippen LogP contribution in [-0.2, 0) is 0 Å². The highest BCUT2D eigenvalue weighted by atomic mass is 16.4. The van der Waals surface area contributed by atoms with E-state index in [9.17, 15) is 15.3 Å². The van der Waals surface area contributed by atoms with Gasteiger partial charge in [0.25, 0.3) is 0 Å². The van der Waals surface area contributed by atoms with E-state index >= 15 is 0 Å². The van der Waals surface area contributed by atoms with Crippen LogP contribution < -0.4 is 0 Å². The Kier molecular flexibility index (Phi) is 3.16. The summed E-state index contributed by atoms with van der Waals surface area (Å²) in [5.41, 5.74) is -1.92. The predicted octanol–water partition coefficient (Wildman–Crippen LogP) is 2.01. The van der Waals surface area contributed by atoms with E-state index in [4.69, 9.17) is 0 Å². The Hall–Kier alpha value is -0.380. The average Bonchev–Trinajstić information content (AvgIpc) is 2.41. The van der Waals surface area contributed by atoms with Gasteiger partial charge in [0.2, 0.25) is 0 Å². The second-order valence-electron chi connectivity index (χ2n) is 7.06. The third-order valence-electron chi connectivity index (χ3n) is 5.33. The number of rotatable bonds is 1. The van der Waals surface area contributed by atoms with Crippen molar-refractivity contribution >= 4 is 0 Å². The van der Waals surface area contributed by atoms with Gasteiger partial charge in [-0.05, 0) is 64.7 Å². The maximum absolute atomic E-state index is 10.8. The van der Waals surface area contributed by atoms with Crippen LogP contribution >= 0.6 is 0 Å². The van der Waals surface area contributed by atoms with Crippen LogP contribution in [0.4, 0.5) is 0 Å². The zero-order valence-corrected chi connectivity index (χ0v) is 11.7. The first-order valence-corrected chi connectivity index (χ1v) is 6.92. The van der Waals surface area contributed by atoms with Crippen molar-refractivity contribution in [2.75, 3.05) is 0 Å². The third kappa shape index (κ3) is 2.13. The monoisotopic (exact) mass is 254 g/mol. The molecule has 3 N–H and O–H groups in total. The van der Waals surface area contributed by atoms with Gasteiger partial charge in [0.05, 0.1) is 16.8 Å². The highest BCUT2D eigenvalue weighted by molar-refractivity contribution is 5.16. The topological polar surface area (TPSA) is 60.7 Å². The number of aliphatic hydroxyl groups is 3. The Morgan fingerprint density at radius 2 is 1.89 bits per heavy atom. The lowest BCUT2D eigenvalue weighted by atomic mass is 9.73. The average molecular weight is 254 g/mol. The van der Waals surface area contributed by atoms with Crippen molar-refractivity contribution < 1.29 is 15.3 Å². The Labute approximate surface area is 110 Å². The molecule has 3 heteroatoms. The summed E-state index contributed by atoms with van der Waals surface area (Å²) >= 11 is 0. The number of hydrogen-bond donors (Lipinski definition) is 3. The fraction of sp³-hybridized carbons (Fsp3) is 0.867. The second kappa shape index (κ2) is 4.06. The number of allylic oxidation sites excluding steroid dienone is 1. The van der Waals surface area contributed by atoms with Crippen molar-refractivity contribution in [3.63, 3.8) is 0 Å². The van der Waals surface area contributed by atoms with Crippen LogP contribution in [-0.4, -0.2) is 32.1 Å². The maximum atomic E-state index is 10.8. The quantitative estimate of drug-likeness (QED) is 0.627. The molecule has 0 spiro atoms. The summed E-state index contributed by atoms with van der Waals surface area (Å²) in [6, 6.07) is 0. The molecule has 0 heterocycles. The molecule has 0 radical (unpaired) electrons. The molecule has 0 aromatic carbocycles. The lowest BCUT2D eigenvalue weighted by Crippen LogP contribution is -2.52. The Bertz CT molecular complexity index is 353. The minimum Gasteiger partial charge on any atom is -0.390 e. The SMILES string of the molecule is C=C1CC[C@](O)(C(C)(C)O)C[C@@H]2[C@@H]1CC[C@@]2(C)O. The molecule has 0 unspecified atom stereocenters. The van der Waals surface area contributed by atoms with Crippen molar-refractivity contribution in [1.82, 2.24) is 0 Å². The molecular weight excluding hydrogens is 228 g/mol. The first kappa shape index (κ1) is 14.0. The Morgan fingerprint density at radius 3 is 2.44 bits per heavy atom. The Morgan fingerprint density at radius 1 is 1.28 bits per heavy atom. The summed E-state index contributed by atoms with van der Waals surface area (Å²) in [6.45, 7) is 9.28. The summed E-state index contributed by atoms with van der Waals surface area (Å²) in [5, 5.41) is 31.5. The third-order valence-corrected chi connectivity index (χ3v) is 5.33. The zero-order chi connectivity index (χ0) is 13.8. The van der Waals surface area contributed by atoms with E-state index in [0.717, 1.165) is 24.8 Å². The van der Waals surface area contributed by atoms with Crippen LogP contribution in [0.1, 0.15) is 52.9 Å². The van der Waals surface area contributed by atoms with Crippen LogP contribution in [0.2, 0.25) is 0 Å². The molecule has 2 aliphatic rings. The van der Waals surface area contributed by atoms with Crippen LogP contribution in [0.5, 0.6) is 0 Å². The lowest BCUT2D eigenvalue weighted by molar-refractivity contribution is -0.154. The smallest absolute Gasteiger partial charge is 0.0934 e. The predicted molar refractivity (Wildman–Crippen MR) is 71.1 cm³/mol. The van der Waals surface area contributed by atoms with E-state index in [0.29, 0.717) is 12.8 Å². The van der Waals surface area contributed by atoms with Crippen LogP contribution in [0.25, 0.3) is 0 Å². The largest absolute Gasteiger partial charge is 0.390 e. The van der Waals surface area contributed by atoms with Gasteiger partial charge < -0.3 is 15.3 Å². The number of fused-ring (bicyclic) bond motifs is 1. The van der Waals surface area contributed by atoms with Crippen LogP contribution in [0.15, 0.2) is 12.2 Å². The van der Waals surface area contributed by atoms with E-state index in [2.05, 4.69) is 6.58 Å². The minimum absolute atomic E-state index is 0.00363. The first-order chi connectivity index (χ1) is 8.07. The minimum atomic E-state index is -1.15. The molecule has 0 saturated heterocycles. The molecule has 0 amide bonds. The van der Waals surface area contributed by atoms with Crippen molar-refractivity contribution in [3.05, 3.63) is 12.2 Å². The van der Waals surface area contributed by atoms with Crippen molar-refractivity contribution in [2.45, 2.75) is 69.7 Å². The summed E-state index contributed by atoms with van der Waals surface area (Å²) in [7, 11) is 0. The molecule has 0 aromatic rings. The molecule has 0 bridgehead atoms. The highest BCUT2D eigenvalue weighted by Crippen LogP contribution is 2.52. The van der Waals surface area contributed by atoms with Gasteiger partial charge in [-0.15, -0.1) is 0 Å². The fourth-order valence-corrected chi connectivity index (χ4v) is 3.69. The molecule has 2 rings (SSSR count). The van der Waals surface area contributed by atoms with E-state index in [1.54, 1.807) is 13.8 Å². The molecule has 2 fully saturated rings. The first-order valence-electron chi connectivity index (χ1n) is 6.92. The molecule has 0 aliphatic heterocycles. The van der Waals surface area contributed by atoms with Gasteiger partial charge in [-0.2, -0.15) is 0 Å². The van der Waals surface area contributed by atoms with Gasteiger partial charge in [-0.25, -0.2) is 0 Å². The Balaban J connectivity index is 2.34. The van der Waals surface area contributed by atoms with Crippen LogP contribution in [0, 0.1) is 11.8 Å². The standard InChI is InChI=1S/C15H26O3/c1-10-5-8-15(18,13(2,3)16)9-12-11(10)6-7-14(12,4)17/h11-12,16-18H,1,5-9H2,2-4H3/t11-,12-,14-,15-/m1/s1.